The first-order valence-corrected chi connectivity index (χ1v) is 8.42. The van der Waals surface area contributed by atoms with Crippen LogP contribution in [0.2, 0.25) is 0 Å². The molecule has 1 aliphatic rings. The maximum Gasteiger partial charge on any atom is 0.340 e. The Hall–Kier alpha value is -2.28. The number of carboxylic acids is 2. The van der Waals surface area contributed by atoms with E-state index in [9.17, 15) is 30.0 Å². The molecular weight excluding hydrogens is 380 g/mol. The fraction of sp³-hybridized carbons (Fsp3) is 0.529. The quantitative estimate of drug-likeness (QED) is 0.269. The highest BCUT2D eigenvalue weighted by molar-refractivity contribution is 6.03. The van der Waals surface area contributed by atoms with Crippen LogP contribution in [0.5, 0.6) is 5.75 Å². The number of benzene rings is 1. The summed E-state index contributed by atoms with van der Waals surface area (Å²) >= 11 is 0. The SMILES string of the molecule is O=C(O)c1cccc(OCCCO[C@@H]2O[C@H](CO)[C@@H](O)[C@H](O)[C@H]2O)c1C(=O)O. The highest BCUT2D eigenvalue weighted by atomic mass is 16.7. The Balaban J connectivity index is 1.88. The average Bonchev–Trinajstić information content (AvgIpc) is 2.67. The van der Waals surface area contributed by atoms with E-state index in [1.807, 2.05) is 0 Å². The number of ether oxygens (including phenoxy) is 3. The third-order valence-electron chi connectivity index (χ3n) is 4.15. The van der Waals surface area contributed by atoms with Gasteiger partial charge in [0.1, 0.15) is 35.7 Å². The summed E-state index contributed by atoms with van der Waals surface area (Å²) in [7, 11) is 0. The Labute approximate surface area is 159 Å². The minimum atomic E-state index is -1.55. The number of aliphatic hydroxyl groups excluding tert-OH is 4. The van der Waals surface area contributed by atoms with Crippen LogP contribution < -0.4 is 4.74 Å². The van der Waals surface area contributed by atoms with Crippen LogP contribution >= 0.6 is 0 Å². The molecule has 1 aromatic carbocycles. The molecule has 0 bridgehead atoms. The smallest absolute Gasteiger partial charge is 0.340 e. The van der Waals surface area contributed by atoms with Crippen molar-refractivity contribution in [2.45, 2.75) is 37.1 Å². The zero-order valence-corrected chi connectivity index (χ0v) is 14.7. The van der Waals surface area contributed by atoms with Gasteiger partial charge in [-0.3, -0.25) is 0 Å². The maximum absolute atomic E-state index is 11.3. The van der Waals surface area contributed by atoms with E-state index in [4.69, 9.17) is 24.4 Å². The van der Waals surface area contributed by atoms with Crippen molar-refractivity contribution in [1.29, 1.82) is 0 Å². The standard InChI is InChI=1S/C17H22O11/c18-7-10-12(19)13(20)14(21)17(28-10)27-6-2-5-26-9-4-1-3-8(15(22)23)11(9)16(24)25/h1,3-4,10,12-14,17-21H,2,5-7H2,(H,22,23)(H,24,25)/t10-,12-,13+,14-,17-/m1/s1. The summed E-state index contributed by atoms with van der Waals surface area (Å²) in [6.45, 7) is -0.629. The minimum absolute atomic E-state index is 0.0241. The van der Waals surface area contributed by atoms with Crippen LogP contribution in [0.1, 0.15) is 27.1 Å². The molecule has 2 rings (SSSR count). The fourth-order valence-electron chi connectivity index (χ4n) is 2.70. The van der Waals surface area contributed by atoms with E-state index in [1.165, 1.54) is 12.1 Å². The van der Waals surface area contributed by atoms with Gasteiger partial charge >= 0.3 is 11.9 Å². The maximum atomic E-state index is 11.3. The van der Waals surface area contributed by atoms with Gasteiger partial charge in [-0.05, 0) is 12.1 Å². The first-order chi connectivity index (χ1) is 13.3. The molecule has 1 aliphatic heterocycles. The Bertz CT molecular complexity index is 690. The van der Waals surface area contributed by atoms with E-state index in [0.717, 1.165) is 6.07 Å². The number of aromatic carboxylic acids is 2. The lowest BCUT2D eigenvalue weighted by Gasteiger charge is -2.39. The molecule has 11 heteroatoms. The summed E-state index contributed by atoms with van der Waals surface area (Å²) in [5.41, 5.74) is -0.868. The van der Waals surface area contributed by atoms with Gasteiger partial charge in [0.25, 0.3) is 0 Å². The topological polar surface area (TPSA) is 183 Å². The molecule has 1 saturated heterocycles. The van der Waals surface area contributed by atoms with Gasteiger partial charge in [0.2, 0.25) is 0 Å². The summed E-state index contributed by atoms with van der Waals surface area (Å²) < 4.78 is 15.8. The molecule has 1 aromatic rings. The summed E-state index contributed by atoms with van der Waals surface area (Å²) in [4.78, 5) is 22.4. The number of carboxylic acid groups (broad SMARTS) is 2. The normalized spacial score (nSPS) is 27.4. The Kier molecular flexibility index (Phi) is 7.69. The number of aliphatic hydroxyl groups is 4. The van der Waals surface area contributed by atoms with Gasteiger partial charge in [-0.15, -0.1) is 0 Å². The number of hydrogen-bond acceptors (Lipinski definition) is 9. The molecule has 156 valence electrons. The number of carbonyl (C=O) groups is 2. The molecule has 28 heavy (non-hydrogen) atoms. The lowest BCUT2D eigenvalue weighted by molar-refractivity contribution is -0.301. The first-order valence-electron chi connectivity index (χ1n) is 8.42. The van der Waals surface area contributed by atoms with Gasteiger partial charge in [0.15, 0.2) is 6.29 Å². The summed E-state index contributed by atoms with van der Waals surface area (Å²) in [5.74, 6) is -2.94. The van der Waals surface area contributed by atoms with Gasteiger partial charge < -0.3 is 44.8 Å². The largest absolute Gasteiger partial charge is 0.493 e. The molecule has 1 fully saturated rings. The van der Waals surface area contributed by atoms with Crippen LogP contribution in [0, 0.1) is 0 Å². The van der Waals surface area contributed by atoms with E-state index in [0.29, 0.717) is 0 Å². The monoisotopic (exact) mass is 402 g/mol. The minimum Gasteiger partial charge on any atom is -0.493 e. The molecule has 0 amide bonds. The molecule has 11 nitrogen and oxygen atoms in total. The van der Waals surface area contributed by atoms with Crippen LogP contribution in [0.25, 0.3) is 0 Å². The first kappa shape index (κ1) is 22.0. The molecule has 0 radical (unpaired) electrons. The number of rotatable bonds is 9. The van der Waals surface area contributed by atoms with E-state index < -0.39 is 60.4 Å². The Morgan fingerprint density at radius 1 is 1.00 bits per heavy atom. The van der Waals surface area contributed by atoms with Crippen LogP contribution in [0.4, 0.5) is 0 Å². The van der Waals surface area contributed by atoms with Crippen LogP contribution in [-0.2, 0) is 9.47 Å². The third kappa shape index (κ3) is 4.95. The fourth-order valence-corrected chi connectivity index (χ4v) is 2.70. The third-order valence-corrected chi connectivity index (χ3v) is 4.15. The predicted octanol–water partition coefficient (Wildman–Crippen LogP) is -1.33. The van der Waals surface area contributed by atoms with E-state index in [2.05, 4.69) is 0 Å². The summed E-state index contributed by atoms with van der Waals surface area (Å²) in [6.07, 6.45) is -6.71. The zero-order chi connectivity index (χ0) is 20.8. The highest BCUT2D eigenvalue weighted by Crippen LogP contribution is 2.24. The molecule has 5 atom stereocenters. The molecule has 0 spiro atoms. The lowest BCUT2D eigenvalue weighted by atomic mass is 9.99. The van der Waals surface area contributed by atoms with Crippen molar-refractivity contribution in [3.8, 4) is 5.75 Å². The lowest BCUT2D eigenvalue weighted by Crippen LogP contribution is -2.59. The van der Waals surface area contributed by atoms with Crippen molar-refractivity contribution >= 4 is 11.9 Å². The van der Waals surface area contributed by atoms with Crippen molar-refractivity contribution in [2.24, 2.45) is 0 Å². The van der Waals surface area contributed by atoms with Crippen molar-refractivity contribution in [3.05, 3.63) is 29.3 Å². The Morgan fingerprint density at radius 2 is 1.71 bits per heavy atom. The molecule has 0 aromatic heterocycles. The van der Waals surface area contributed by atoms with E-state index in [-0.39, 0.29) is 25.4 Å². The predicted molar refractivity (Wildman–Crippen MR) is 90.2 cm³/mol. The molecule has 6 N–H and O–H groups in total. The number of hydrogen-bond donors (Lipinski definition) is 6. The molecule has 0 unspecified atom stereocenters. The van der Waals surface area contributed by atoms with Crippen LogP contribution in [-0.4, -0.2) is 93.1 Å². The second-order valence-corrected chi connectivity index (χ2v) is 6.06. The van der Waals surface area contributed by atoms with Crippen molar-refractivity contribution in [2.75, 3.05) is 19.8 Å². The summed E-state index contributed by atoms with van der Waals surface area (Å²) in [5, 5.41) is 56.6. The van der Waals surface area contributed by atoms with Gasteiger partial charge in [-0.25, -0.2) is 9.59 Å². The molecule has 1 heterocycles. The van der Waals surface area contributed by atoms with E-state index >= 15 is 0 Å². The van der Waals surface area contributed by atoms with Crippen molar-refractivity contribution < 1.29 is 54.4 Å². The zero-order valence-electron chi connectivity index (χ0n) is 14.7. The van der Waals surface area contributed by atoms with E-state index in [1.54, 1.807) is 0 Å². The average molecular weight is 402 g/mol. The second kappa shape index (κ2) is 9.78. The van der Waals surface area contributed by atoms with Gasteiger partial charge in [0, 0.05) is 6.42 Å². The molecule has 0 saturated carbocycles. The molecular formula is C17H22O11. The van der Waals surface area contributed by atoms with Crippen molar-refractivity contribution in [3.63, 3.8) is 0 Å². The van der Waals surface area contributed by atoms with Crippen LogP contribution in [0.15, 0.2) is 18.2 Å². The van der Waals surface area contributed by atoms with Crippen LogP contribution in [0.3, 0.4) is 0 Å². The molecule has 0 aliphatic carbocycles. The second-order valence-electron chi connectivity index (χ2n) is 6.06. The van der Waals surface area contributed by atoms with Gasteiger partial charge in [-0.2, -0.15) is 0 Å². The van der Waals surface area contributed by atoms with Crippen molar-refractivity contribution in [1.82, 2.24) is 0 Å². The van der Waals surface area contributed by atoms with Gasteiger partial charge in [-0.1, -0.05) is 6.07 Å². The Morgan fingerprint density at radius 3 is 2.32 bits per heavy atom. The summed E-state index contributed by atoms with van der Waals surface area (Å²) in [6, 6.07) is 3.84. The van der Waals surface area contributed by atoms with Gasteiger partial charge in [0.05, 0.1) is 25.4 Å². The highest BCUT2D eigenvalue weighted by Gasteiger charge is 2.43.